The summed E-state index contributed by atoms with van der Waals surface area (Å²) in [4.78, 5) is 27.6. The molecule has 0 bridgehead atoms. The number of halogens is 1. The zero-order valence-corrected chi connectivity index (χ0v) is 15.9. The fraction of sp³-hybridized carbons (Fsp3) is 0.364. The van der Waals surface area contributed by atoms with Gasteiger partial charge in [-0.25, -0.2) is 0 Å². The van der Waals surface area contributed by atoms with E-state index in [-0.39, 0.29) is 12.3 Å². The summed E-state index contributed by atoms with van der Waals surface area (Å²) in [6, 6.07) is 14.6. The maximum Gasteiger partial charge on any atom is 0.264 e. The number of carbonyl (C=O) groups excluding carboxylic acids is 2. The van der Waals surface area contributed by atoms with Crippen molar-refractivity contribution in [2.45, 2.75) is 38.3 Å². The molecule has 0 aromatic heterocycles. The molecule has 0 spiro atoms. The van der Waals surface area contributed by atoms with Gasteiger partial charge in [-0.2, -0.15) is 0 Å². The van der Waals surface area contributed by atoms with Gasteiger partial charge in [0.1, 0.15) is 5.78 Å². The maximum atomic E-state index is 13.4. The van der Waals surface area contributed by atoms with E-state index in [2.05, 4.69) is 6.92 Å². The normalized spacial score (nSPS) is 27.7. The van der Waals surface area contributed by atoms with Crippen LogP contribution in [0.1, 0.15) is 37.3 Å². The largest absolute Gasteiger partial charge is 0.375 e. The van der Waals surface area contributed by atoms with Crippen molar-refractivity contribution >= 4 is 29.0 Å². The first-order valence-electron chi connectivity index (χ1n) is 9.33. The Labute approximate surface area is 163 Å². The molecule has 1 fully saturated rings. The second kappa shape index (κ2) is 6.77. The summed E-state index contributed by atoms with van der Waals surface area (Å²) in [5.74, 6) is -0.866. The lowest BCUT2D eigenvalue weighted by Gasteiger charge is -2.35. The highest BCUT2D eigenvalue weighted by atomic mass is 35.5. The predicted octanol–water partition coefficient (Wildman–Crippen LogP) is 4.08. The molecule has 4 rings (SSSR count). The highest BCUT2D eigenvalue weighted by Gasteiger charge is 2.57. The van der Waals surface area contributed by atoms with Gasteiger partial charge in [-0.05, 0) is 36.5 Å². The molecule has 1 heterocycles. The minimum atomic E-state index is -1.80. The molecule has 1 N–H and O–H groups in total. The van der Waals surface area contributed by atoms with Crippen molar-refractivity contribution in [2.24, 2.45) is 11.8 Å². The van der Waals surface area contributed by atoms with Crippen LogP contribution in [0.3, 0.4) is 0 Å². The molecule has 0 radical (unpaired) electrons. The Kier molecular flexibility index (Phi) is 4.57. The van der Waals surface area contributed by atoms with Crippen LogP contribution in [0.4, 0.5) is 5.69 Å². The van der Waals surface area contributed by atoms with Crippen LogP contribution in [0, 0.1) is 11.8 Å². The summed E-state index contributed by atoms with van der Waals surface area (Å²) in [6.07, 6.45) is 1.74. The van der Waals surface area contributed by atoms with E-state index in [1.165, 1.54) is 0 Å². The van der Waals surface area contributed by atoms with E-state index in [0.717, 1.165) is 12.0 Å². The summed E-state index contributed by atoms with van der Waals surface area (Å²) in [7, 11) is 0. The molecule has 2 aliphatic rings. The van der Waals surface area contributed by atoms with E-state index in [1.54, 1.807) is 23.1 Å². The van der Waals surface area contributed by atoms with Gasteiger partial charge in [-0.15, -0.1) is 0 Å². The van der Waals surface area contributed by atoms with Crippen LogP contribution >= 0.6 is 11.6 Å². The third-order valence-corrected chi connectivity index (χ3v) is 6.25. The summed E-state index contributed by atoms with van der Waals surface area (Å²) >= 11 is 6.28. The van der Waals surface area contributed by atoms with Crippen molar-refractivity contribution in [3.63, 3.8) is 0 Å². The molecule has 140 valence electrons. The number of rotatable bonds is 3. The Morgan fingerprint density at radius 2 is 1.85 bits per heavy atom. The molecule has 4 nitrogen and oxygen atoms in total. The molecule has 1 amide bonds. The molecule has 5 heteroatoms. The lowest BCUT2D eigenvalue weighted by molar-refractivity contribution is -0.153. The van der Waals surface area contributed by atoms with Gasteiger partial charge in [-0.3, -0.25) is 9.59 Å². The lowest BCUT2D eigenvalue weighted by atomic mass is 9.70. The molecule has 27 heavy (non-hydrogen) atoms. The summed E-state index contributed by atoms with van der Waals surface area (Å²) in [5.41, 5.74) is 0.171. The van der Waals surface area contributed by atoms with Crippen molar-refractivity contribution < 1.29 is 14.7 Å². The van der Waals surface area contributed by atoms with Gasteiger partial charge >= 0.3 is 0 Å². The smallest absolute Gasteiger partial charge is 0.264 e. The van der Waals surface area contributed by atoms with Crippen LogP contribution in [0.15, 0.2) is 48.5 Å². The number of amides is 1. The molecular weight excluding hydrogens is 362 g/mol. The third kappa shape index (κ3) is 2.88. The Bertz CT molecular complexity index is 912. The van der Waals surface area contributed by atoms with E-state index in [4.69, 9.17) is 11.6 Å². The van der Waals surface area contributed by atoms with Gasteiger partial charge in [0.2, 0.25) is 0 Å². The van der Waals surface area contributed by atoms with Crippen LogP contribution in [0.2, 0.25) is 5.02 Å². The number of fused-ring (bicyclic) bond motifs is 1. The highest BCUT2D eigenvalue weighted by molar-refractivity contribution is 6.31. The lowest BCUT2D eigenvalue weighted by Crippen LogP contribution is -2.50. The average molecular weight is 384 g/mol. The van der Waals surface area contributed by atoms with Crippen LogP contribution in [-0.2, 0) is 21.7 Å². The number of anilines is 1. The van der Waals surface area contributed by atoms with Crippen LogP contribution in [0.25, 0.3) is 0 Å². The van der Waals surface area contributed by atoms with Gasteiger partial charge in [0.15, 0.2) is 5.60 Å². The summed E-state index contributed by atoms with van der Waals surface area (Å²) in [6.45, 7) is 2.32. The average Bonchev–Trinajstić information content (AvgIpc) is 2.88. The van der Waals surface area contributed by atoms with E-state index >= 15 is 0 Å². The van der Waals surface area contributed by atoms with Gasteiger partial charge in [0.05, 0.1) is 18.2 Å². The Hall–Kier alpha value is -2.17. The number of hydrogen-bond acceptors (Lipinski definition) is 3. The zero-order valence-electron chi connectivity index (χ0n) is 15.2. The Balaban J connectivity index is 1.78. The van der Waals surface area contributed by atoms with Crippen LogP contribution in [-0.4, -0.2) is 16.8 Å². The van der Waals surface area contributed by atoms with Crippen LogP contribution < -0.4 is 4.90 Å². The SMILES string of the molecule is C[C@H]1CCC(=O)[C@H]([C@@]2(O)C(=O)N(Cc3ccccc3Cl)c3ccccc32)C1. The zero-order chi connectivity index (χ0) is 19.2. The highest BCUT2D eigenvalue weighted by Crippen LogP contribution is 2.49. The molecule has 1 saturated carbocycles. The van der Waals surface area contributed by atoms with Gasteiger partial charge < -0.3 is 10.0 Å². The van der Waals surface area contributed by atoms with Crippen LogP contribution in [0.5, 0.6) is 0 Å². The molecular formula is C22H22ClNO3. The first-order chi connectivity index (χ1) is 12.9. The molecule has 2 aromatic rings. The third-order valence-electron chi connectivity index (χ3n) is 5.88. The second-order valence-electron chi connectivity index (χ2n) is 7.66. The van der Waals surface area contributed by atoms with Crippen molar-refractivity contribution in [3.05, 3.63) is 64.7 Å². The van der Waals surface area contributed by atoms with Crippen molar-refractivity contribution in [1.82, 2.24) is 0 Å². The molecule has 0 unspecified atom stereocenters. The number of hydrogen-bond donors (Lipinski definition) is 1. The topological polar surface area (TPSA) is 57.6 Å². The summed E-state index contributed by atoms with van der Waals surface area (Å²) < 4.78 is 0. The molecule has 2 aromatic carbocycles. The van der Waals surface area contributed by atoms with E-state index < -0.39 is 17.4 Å². The number of Topliss-reactive ketones (excluding diaryl/α,β-unsaturated/α-hetero) is 1. The molecule has 1 aliphatic heterocycles. The number of benzene rings is 2. The second-order valence-corrected chi connectivity index (χ2v) is 8.07. The fourth-order valence-electron chi connectivity index (χ4n) is 4.37. The number of nitrogens with zero attached hydrogens (tertiary/aromatic N) is 1. The minimum Gasteiger partial charge on any atom is -0.375 e. The first-order valence-corrected chi connectivity index (χ1v) is 9.70. The fourth-order valence-corrected chi connectivity index (χ4v) is 4.57. The monoisotopic (exact) mass is 383 g/mol. The van der Waals surface area contributed by atoms with E-state index in [1.807, 2.05) is 30.3 Å². The molecule has 3 atom stereocenters. The number of aliphatic hydroxyl groups is 1. The maximum absolute atomic E-state index is 13.4. The Morgan fingerprint density at radius 3 is 2.63 bits per heavy atom. The first kappa shape index (κ1) is 18.2. The molecule has 1 aliphatic carbocycles. The predicted molar refractivity (Wildman–Crippen MR) is 104 cm³/mol. The van der Waals surface area contributed by atoms with E-state index in [0.29, 0.717) is 35.0 Å². The molecule has 0 saturated heterocycles. The van der Waals surface area contributed by atoms with E-state index in [9.17, 15) is 14.7 Å². The Morgan fingerprint density at radius 1 is 1.15 bits per heavy atom. The number of carbonyl (C=O) groups is 2. The van der Waals surface area contributed by atoms with Crippen molar-refractivity contribution in [2.75, 3.05) is 4.90 Å². The van der Waals surface area contributed by atoms with Gasteiger partial charge in [-0.1, -0.05) is 54.9 Å². The number of ketones is 1. The van der Waals surface area contributed by atoms with Crippen molar-refractivity contribution in [3.8, 4) is 0 Å². The quantitative estimate of drug-likeness (QED) is 0.868. The minimum absolute atomic E-state index is 0.0293. The number of para-hydroxylation sites is 1. The van der Waals surface area contributed by atoms with Gasteiger partial charge in [0.25, 0.3) is 5.91 Å². The summed E-state index contributed by atoms with van der Waals surface area (Å²) in [5, 5.41) is 12.2. The standard InChI is InChI=1S/C22H22ClNO3/c1-14-10-11-20(25)17(12-14)22(27)16-7-3-5-9-19(16)24(21(22)26)13-15-6-2-4-8-18(15)23/h2-9,14,17,27H,10-13H2,1H3/t14-,17+,22+/m0/s1. The van der Waals surface area contributed by atoms with Gasteiger partial charge in [0, 0.05) is 17.0 Å². The van der Waals surface area contributed by atoms with Crippen molar-refractivity contribution in [1.29, 1.82) is 0 Å².